The van der Waals surface area contributed by atoms with Gasteiger partial charge in [0.25, 0.3) is 0 Å². The topological polar surface area (TPSA) is 236 Å². The molecule has 0 spiro atoms. The molecule has 10 aromatic rings. The molecule has 12 rings (SSSR count). The van der Waals surface area contributed by atoms with Crippen LogP contribution in [0.15, 0.2) is 170 Å². The molecule has 0 aliphatic heterocycles. The van der Waals surface area contributed by atoms with Crippen molar-refractivity contribution in [3.05, 3.63) is 193 Å². The van der Waals surface area contributed by atoms with Crippen LogP contribution in [0.2, 0.25) is 0 Å². The first kappa shape index (κ1) is 76.5. The zero-order chi connectivity index (χ0) is 68.0. The van der Waals surface area contributed by atoms with Crippen molar-refractivity contribution in [2.75, 3.05) is 0 Å². The van der Waals surface area contributed by atoms with E-state index in [1.54, 1.807) is 22.3 Å². The van der Waals surface area contributed by atoms with Gasteiger partial charge in [-0.05, 0) is 141 Å². The molecule has 517 valence electrons. The van der Waals surface area contributed by atoms with Crippen LogP contribution in [0.1, 0.15) is 230 Å². The van der Waals surface area contributed by atoms with Gasteiger partial charge in [-0.2, -0.15) is 0 Å². The second kappa shape index (κ2) is 37.2. The number of pyridine rings is 4. The van der Waals surface area contributed by atoms with E-state index in [1.807, 2.05) is 36.9 Å². The SMILES string of the molecule is CCCCCCCCC1(CCCCCCCC)c2ccccc2-c2ccc(-c3cc4cccnc4c4ncccc34)cc21.CCCCCCCCC1(CCCCCCCC)c2ccccc2-c2ccc(-c3cc4cccnc4c4ncccc34)cc21.[Cu+2].[O-][Cl+3]([O-])([O-])[O-].[O-][Cl+3]([O-])([O-])[O-]. The van der Waals surface area contributed by atoms with Crippen molar-refractivity contribution in [1.82, 2.24) is 19.9 Å². The minimum Gasteiger partial charge on any atom is -0.254 e. The van der Waals surface area contributed by atoms with Crippen LogP contribution in [0.4, 0.5) is 0 Å². The third-order valence-electron chi connectivity index (χ3n) is 19.9. The fourth-order valence-corrected chi connectivity index (χ4v) is 15.4. The summed E-state index contributed by atoms with van der Waals surface area (Å²) in [5.41, 5.74) is 21.3. The molecule has 0 saturated heterocycles. The fourth-order valence-electron chi connectivity index (χ4n) is 15.4. The Bertz CT molecular complexity index is 3800. The van der Waals surface area contributed by atoms with Gasteiger partial charge in [-0.15, -0.1) is 20.5 Å². The van der Waals surface area contributed by atoms with Gasteiger partial charge in [0.15, 0.2) is 0 Å². The van der Waals surface area contributed by atoms with Crippen molar-refractivity contribution in [2.45, 2.75) is 218 Å². The molecule has 0 fully saturated rings. The first-order valence-electron chi connectivity index (χ1n) is 35.5. The first-order chi connectivity index (χ1) is 46.5. The van der Waals surface area contributed by atoms with Gasteiger partial charge in [-0.3, -0.25) is 19.9 Å². The third kappa shape index (κ3) is 20.0. The average molecular weight is 1400 g/mol. The Morgan fingerprint density at radius 1 is 0.278 bits per heavy atom. The quantitative estimate of drug-likeness (QED) is 0.0232. The predicted octanol–water partition coefficient (Wildman–Crippen LogP) is 14.9. The molecule has 2 aliphatic carbocycles. The molecule has 0 saturated carbocycles. The predicted molar refractivity (Wildman–Crippen MR) is 369 cm³/mol. The largest absolute Gasteiger partial charge is 2.00 e. The Kier molecular flexibility index (Phi) is 29.4. The van der Waals surface area contributed by atoms with Gasteiger partial charge in [0, 0.05) is 57.2 Å². The zero-order valence-electron chi connectivity index (χ0n) is 57.1. The number of benzene rings is 6. The molecule has 4 heterocycles. The summed E-state index contributed by atoms with van der Waals surface area (Å²) >= 11 is 0. The van der Waals surface area contributed by atoms with E-state index in [0.29, 0.717) is 0 Å². The minimum absolute atomic E-state index is 0. The van der Waals surface area contributed by atoms with Crippen molar-refractivity contribution in [1.29, 1.82) is 0 Å². The third-order valence-corrected chi connectivity index (χ3v) is 19.9. The second-order valence-electron chi connectivity index (χ2n) is 26.4. The summed E-state index contributed by atoms with van der Waals surface area (Å²) in [6.45, 7) is 9.24. The van der Waals surface area contributed by atoms with E-state index in [0.717, 1.165) is 32.8 Å². The Morgan fingerprint density at radius 3 is 0.887 bits per heavy atom. The van der Waals surface area contributed by atoms with Crippen molar-refractivity contribution in [3.8, 4) is 44.5 Å². The monoisotopic (exact) mass is 1400 g/mol. The molecule has 0 N–H and O–H groups in total. The van der Waals surface area contributed by atoms with Gasteiger partial charge in [0.2, 0.25) is 0 Å². The van der Waals surface area contributed by atoms with Crippen LogP contribution in [-0.4, -0.2) is 19.9 Å². The first-order valence-corrected chi connectivity index (χ1v) is 38.0. The van der Waals surface area contributed by atoms with Crippen LogP contribution >= 0.6 is 0 Å². The van der Waals surface area contributed by atoms with Gasteiger partial charge in [-0.25, -0.2) is 37.3 Å². The smallest absolute Gasteiger partial charge is 0.254 e. The van der Waals surface area contributed by atoms with Gasteiger partial charge < -0.3 is 0 Å². The minimum atomic E-state index is -4.94. The molecule has 4 aromatic heterocycles. The molecule has 0 amide bonds. The number of rotatable bonds is 30. The van der Waals surface area contributed by atoms with Crippen molar-refractivity contribution >= 4 is 43.6 Å². The van der Waals surface area contributed by atoms with Crippen molar-refractivity contribution < 1.29 is 74.8 Å². The Labute approximate surface area is 590 Å². The van der Waals surface area contributed by atoms with E-state index < -0.39 is 20.5 Å². The van der Waals surface area contributed by atoms with Crippen LogP contribution in [0.25, 0.3) is 88.1 Å². The Hall–Kier alpha value is -6.26. The molecule has 6 aromatic carbocycles. The number of nitrogens with zero attached hydrogens (tertiary/aromatic N) is 4. The average Bonchev–Trinajstić information content (AvgIpc) is 1.59. The maximum atomic E-state index is 8.49. The van der Waals surface area contributed by atoms with E-state index in [2.05, 4.69) is 161 Å². The van der Waals surface area contributed by atoms with E-state index in [-0.39, 0.29) is 27.9 Å². The summed E-state index contributed by atoms with van der Waals surface area (Å²) in [4.78, 5) is 19.0. The number of aromatic nitrogens is 4. The normalized spacial score (nSPS) is 13.2. The molecule has 2 aliphatic rings. The van der Waals surface area contributed by atoms with Gasteiger partial charge in [-0.1, -0.05) is 279 Å². The van der Waals surface area contributed by atoms with Gasteiger partial charge in [0.1, 0.15) is 0 Å². The fraction of sp³-hybridized carbons (Fsp3) is 0.415. The number of fused-ring (bicyclic) bond motifs is 12. The molecule has 1 radical (unpaired) electrons. The van der Waals surface area contributed by atoms with Crippen LogP contribution in [0.3, 0.4) is 0 Å². The van der Waals surface area contributed by atoms with E-state index in [9.17, 15) is 0 Å². The summed E-state index contributed by atoms with van der Waals surface area (Å²) in [7, 11) is -9.89. The molecule has 0 unspecified atom stereocenters. The van der Waals surface area contributed by atoms with Crippen LogP contribution in [-0.2, 0) is 27.9 Å². The summed E-state index contributed by atoms with van der Waals surface area (Å²) < 4.78 is 67.9. The molecule has 15 heteroatoms. The van der Waals surface area contributed by atoms with Crippen LogP contribution in [0.5, 0.6) is 0 Å². The molecule has 0 bridgehead atoms. The second-order valence-corrected chi connectivity index (χ2v) is 27.9. The molecular formula is C82H96Cl2CuN4O8. The number of halogens is 2. The van der Waals surface area contributed by atoms with E-state index in [1.165, 1.54) is 235 Å². The summed E-state index contributed by atoms with van der Waals surface area (Å²) in [5.74, 6) is 0. The summed E-state index contributed by atoms with van der Waals surface area (Å²) in [5, 5.41) is 4.67. The number of hydrogen-bond donors (Lipinski definition) is 0. The van der Waals surface area contributed by atoms with Gasteiger partial charge in [0.05, 0.1) is 22.1 Å². The Balaban J connectivity index is 0.000000215. The maximum Gasteiger partial charge on any atom is 2.00 e. The standard InChI is InChI=1S/2C41H48N2.2ClHO4.Cu/c2*1-3-5-7-9-11-15-25-41(26-16-12-10-8-6-4-2)37-22-14-13-20-33(37)34-24-23-31(30-38(34)41)36-29-32-19-17-27-42-39(32)40-35(36)21-18-28-43-40;2*2-1(3,4)5;/h2*13-14,17-24,27-30H,3-12,15-16,25-26H2,1-2H3;2*(H,2,3,4,5);/q;;;;+2/p-2. The number of hydrogen-bond acceptors (Lipinski definition) is 12. The van der Waals surface area contributed by atoms with Crippen molar-refractivity contribution in [3.63, 3.8) is 0 Å². The van der Waals surface area contributed by atoms with E-state index in [4.69, 9.17) is 57.2 Å². The summed E-state index contributed by atoms with van der Waals surface area (Å²) in [6.07, 6.45) is 44.7. The number of unbranched alkanes of at least 4 members (excludes halogenated alkanes) is 20. The molecule has 97 heavy (non-hydrogen) atoms. The molecular weight excluding hydrogens is 1300 g/mol. The molecule has 12 nitrogen and oxygen atoms in total. The van der Waals surface area contributed by atoms with Crippen LogP contribution < -0.4 is 37.3 Å². The molecule has 0 atom stereocenters. The Morgan fingerprint density at radius 2 is 0.557 bits per heavy atom. The summed E-state index contributed by atoms with van der Waals surface area (Å²) in [6, 6.07) is 55.0. The van der Waals surface area contributed by atoms with Crippen molar-refractivity contribution in [2.24, 2.45) is 0 Å². The zero-order valence-corrected chi connectivity index (χ0v) is 59.5. The van der Waals surface area contributed by atoms with Crippen LogP contribution in [0, 0.1) is 20.5 Å². The van der Waals surface area contributed by atoms with Gasteiger partial charge >= 0.3 is 17.1 Å². The van der Waals surface area contributed by atoms with E-state index >= 15 is 0 Å². The maximum absolute atomic E-state index is 8.49.